The van der Waals surface area contributed by atoms with Gasteiger partial charge in [-0.3, -0.25) is 19.2 Å². The number of nitrogens with one attached hydrogen (secondary N) is 1. The Morgan fingerprint density at radius 1 is 1.10 bits per heavy atom. The zero-order valence-electron chi connectivity index (χ0n) is 17.2. The van der Waals surface area contributed by atoms with Crippen molar-refractivity contribution in [2.45, 2.75) is 26.7 Å². The first-order valence-electron chi connectivity index (χ1n) is 9.88. The molecule has 2 amide bonds. The lowest BCUT2D eigenvalue weighted by molar-refractivity contribution is -0.133. The van der Waals surface area contributed by atoms with Crippen LogP contribution in [0.2, 0.25) is 0 Å². The minimum absolute atomic E-state index is 0.140. The molecule has 29 heavy (non-hydrogen) atoms. The third kappa shape index (κ3) is 5.41. The highest BCUT2D eigenvalue weighted by atomic mass is 19.1. The summed E-state index contributed by atoms with van der Waals surface area (Å²) in [5, 5.41) is 7.17. The maximum absolute atomic E-state index is 12.9. The first kappa shape index (κ1) is 21.0. The van der Waals surface area contributed by atoms with Gasteiger partial charge >= 0.3 is 0 Å². The van der Waals surface area contributed by atoms with Gasteiger partial charge in [-0.25, -0.2) is 4.39 Å². The number of benzene rings is 1. The van der Waals surface area contributed by atoms with Crippen molar-refractivity contribution in [3.05, 3.63) is 47.0 Å². The van der Waals surface area contributed by atoms with Crippen molar-refractivity contribution in [2.75, 3.05) is 38.0 Å². The monoisotopic (exact) mass is 401 g/mol. The van der Waals surface area contributed by atoms with Crippen LogP contribution in [0.3, 0.4) is 0 Å². The zero-order valence-corrected chi connectivity index (χ0v) is 17.2. The Hall–Kier alpha value is -2.74. The minimum Gasteiger partial charge on any atom is -0.340 e. The van der Waals surface area contributed by atoms with Crippen LogP contribution in [0, 0.1) is 19.7 Å². The van der Waals surface area contributed by atoms with Gasteiger partial charge in [0.15, 0.2) is 0 Å². The molecule has 7 nitrogen and oxygen atoms in total. The van der Waals surface area contributed by atoms with Gasteiger partial charge in [-0.05, 0) is 50.1 Å². The van der Waals surface area contributed by atoms with Crippen molar-refractivity contribution >= 4 is 17.5 Å². The highest BCUT2D eigenvalue weighted by molar-refractivity contribution is 5.92. The van der Waals surface area contributed by atoms with E-state index in [1.54, 1.807) is 0 Å². The fourth-order valence-corrected chi connectivity index (χ4v) is 3.66. The number of carbonyl (C=O) groups excluding carboxylic acids is 2. The number of nitrogens with zero attached hydrogens (tertiary/aromatic N) is 4. The van der Waals surface area contributed by atoms with E-state index < -0.39 is 0 Å². The van der Waals surface area contributed by atoms with E-state index >= 15 is 0 Å². The Bertz CT molecular complexity index is 870. The van der Waals surface area contributed by atoms with Gasteiger partial charge in [0.25, 0.3) is 0 Å². The number of anilines is 1. The van der Waals surface area contributed by atoms with Crippen molar-refractivity contribution in [2.24, 2.45) is 7.05 Å². The average Bonchev–Trinajstić information content (AvgIpc) is 2.94. The molecule has 0 radical (unpaired) electrons. The molecule has 0 spiro atoms. The van der Waals surface area contributed by atoms with Crippen LogP contribution in [0.1, 0.15) is 23.4 Å². The molecular weight excluding hydrogens is 373 g/mol. The second-order valence-corrected chi connectivity index (χ2v) is 7.48. The van der Waals surface area contributed by atoms with Crippen LogP contribution < -0.4 is 5.32 Å². The molecule has 1 aliphatic heterocycles. The van der Waals surface area contributed by atoms with Crippen LogP contribution >= 0.6 is 0 Å². The van der Waals surface area contributed by atoms with Crippen molar-refractivity contribution in [3.8, 4) is 0 Å². The molecule has 0 unspecified atom stereocenters. The van der Waals surface area contributed by atoms with E-state index in [0.717, 1.165) is 17.0 Å². The van der Waals surface area contributed by atoms with Gasteiger partial charge in [-0.1, -0.05) is 0 Å². The summed E-state index contributed by atoms with van der Waals surface area (Å²) in [6.07, 6.45) is 1.17. The number of piperazine rings is 1. The molecule has 0 bridgehead atoms. The topological polar surface area (TPSA) is 70.5 Å². The fraction of sp³-hybridized carbons (Fsp3) is 0.476. The molecule has 1 aliphatic rings. The highest BCUT2D eigenvalue weighted by Crippen LogP contribution is 2.15. The number of halogens is 1. The van der Waals surface area contributed by atoms with Crippen LogP contribution in [0.5, 0.6) is 0 Å². The second-order valence-electron chi connectivity index (χ2n) is 7.48. The predicted molar refractivity (Wildman–Crippen MR) is 109 cm³/mol. The maximum Gasteiger partial charge on any atom is 0.238 e. The molecule has 8 heteroatoms. The Labute approximate surface area is 170 Å². The lowest BCUT2D eigenvalue weighted by atomic mass is 10.1. The normalized spacial score (nSPS) is 14.8. The summed E-state index contributed by atoms with van der Waals surface area (Å²) in [6, 6.07) is 5.70. The molecule has 1 saturated heterocycles. The lowest BCUT2D eigenvalue weighted by Crippen LogP contribution is -2.50. The largest absolute Gasteiger partial charge is 0.340 e. The molecule has 1 aromatic heterocycles. The van der Waals surface area contributed by atoms with Crippen LogP contribution in [0.4, 0.5) is 10.1 Å². The maximum atomic E-state index is 12.9. The number of carbonyl (C=O) groups is 2. The first-order chi connectivity index (χ1) is 13.8. The smallest absolute Gasteiger partial charge is 0.238 e. The van der Waals surface area contributed by atoms with E-state index in [1.807, 2.05) is 35.4 Å². The fourth-order valence-electron chi connectivity index (χ4n) is 3.66. The molecule has 1 aromatic carbocycles. The number of rotatable bonds is 6. The molecule has 156 valence electrons. The van der Waals surface area contributed by atoms with Crippen molar-refractivity contribution in [3.63, 3.8) is 0 Å². The number of aryl methyl sites for hydroxylation is 2. The third-order valence-electron chi connectivity index (χ3n) is 5.47. The molecule has 2 aromatic rings. The second kappa shape index (κ2) is 9.17. The van der Waals surface area contributed by atoms with E-state index in [9.17, 15) is 14.0 Å². The SMILES string of the molecule is Cc1nn(C)c(C)c1CCC(=O)N1CCN(CC(=O)Nc2ccc(F)cc2)CC1. The Kier molecular flexibility index (Phi) is 6.64. The summed E-state index contributed by atoms with van der Waals surface area (Å²) >= 11 is 0. The summed E-state index contributed by atoms with van der Waals surface area (Å²) < 4.78 is 14.8. The zero-order chi connectivity index (χ0) is 21.0. The van der Waals surface area contributed by atoms with Crippen LogP contribution in [0.25, 0.3) is 0 Å². The van der Waals surface area contributed by atoms with Crippen LogP contribution in [-0.4, -0.2) is 64.1 Å². The summed E-state index contributed by atoms with van der Waals surface area (Å²) in [6.45, 7) is 6.81. The number of hydrogen-bond acceptors (Lipinski definition) is 4. The van der Waals surface area contributed by atoms with Crippen molar-refractivity contribution in [1.29, 1.82) is 0 Å². The van der Waals surface area contributed by atoms with Gasteiger partial charge in [0.05, 0.1) is 12.2 Å². The summed E-state index contributed by atoms with van der Waals surface area (Å²) in [7, 11) is 1.92. The molecule has 0 saturated carbocycles. The first-order valence-corrected chi connectivity index (χ1v) is 9.88. The summed E-state index contributed by atoms with van der Waals surface area (Å²) in [5.74, 6) is -0.334. The van der Waals surface area contributed by atoms with Crippen molar-refractivity contribution < 1.29 is 14.0 Å². The standard InChI is InChI=1S/C21H28FN5O2/c1-15-19(16(2)25(3)24-15)8-9-21(29)27-12-10-26(11-13-27)14-20(28)23-18-6-4-17(22)5-7-18/h4-7H,8-14H2,1-3H3,(H,23,28). The minimum atomic E-state index is -0.336. The van der Waals surface area contributed by atoms with Crippen LogP contribution in [0.15, 0.2) is 24.3 Å². The summed E-state index contributed by atoms with van der Waals surface area (Å²) in [5.41, 5.74) is 3.81. The Morgan fingerprint density at radius 3 is 2.34 bits per heavy atom. The molecule has 2 heterocycles. The molecule has 0 aliphatic carbocycles. The van der Waals surface area contributed by atoms with Crippen LogP contribution in [-0.2, 0) is 23.1 Å². The van der Waals surface area contributed by atoms with Gasteiger partial charge in [0.1, 0.15) is 5.82 Å². The molecule has 3 rings (SSSR count). The highest BCUT2D eigenvalue weighted by Gasteiger charge is 2.23. The summed E-state index contributed by atoms with van der Waals surface area (Å²) in [4.78, 5) is 28.6. The van der Waals surface area contributed by atoms with E-state index in [4.69, 9.17) is 0 Å². The molecule has 0 atom stereocenters. The van der Waals surface area contributed by atoms with E-state index in [1.165, 1.54) is 24.3 Å². The van der Waals surface area contributed by atoms with E-state index in [-0.39, 0.29) is 24.2 Å². The third-order valence-corrected chi connectivity index (χ3v) is 5.47. The van der Waals surface area contributed by atoms with E-state index in [0.29, 0.717) is 44.7 Å². The van der Waals surface area contributed by atoms with E-state index in [2.05, 4.69) is 10.4 Å². The number of hydrogen-bond donors (Lipinski definition) is 1. The Balaban J connectivity index is 1.42. The van der Waals surface area contributed by atoms with Gasteiger partial charge in [0.2, 0.25) is 11.8 Å². The lowest BCUT2D eigenvalue weighted by Gasteiger charge is -2.34. The number of amides is 2. The van der Waals surface area contributed by atoms with Gasteiger partial charge in [-0.2, -0.15) is 5.10 Å². The number of aromatic nitrogens is 2. The quantitative estimate of drug-likeness (QED) is 0.803. The van der Waals surface area contributed by atoms with Crippen molar-refractivity contribution in [1.82, 2.24) is 19.6 Å². The molecular formula is C21H28FN5O2. The average molecular weight is 401 g/mol. The van der Waals surface area contributed by atoms with Gasteiger partial charge in [0, 0.05) is 51.0 Å². The predicted octanol–water partition coefficient (Wildman–Crippen LogP) is 1.89. The molecule has 1 fully saturated rings. The molecule has 1 N–H and O–H groups in total. The Morgan fingerprint density at radius 2 is 1.76 bits per heavy atom. The van der Waals surface area contributed by atoms with Gasteiger partial charge in [-0.15, -0.1) is 0 Å². The van der Waals surface area contributed by atoms with Gasteiger partial charge < -0.3 is 10.2 Å².